The van der Waals surface area contributed by atoms with E-state index in [2.05, 4.69) is 0 Å². The molecule has 0 spiro atoms. The number of esters is 1. The van der Waals surface area contributed by atoms with Crippen LogP contribution in [0.4, 0.5) is 5.69 Å². The van der Waals surface area contributed by atoms with E-state index in [1.807, 2.05) is 0 Å². The summed E-state index contributed by atoms with van der Waals surface area (Å²) in [6.45, 7) is 0. The topological polar surface area (TPSA) is 102 Å². The van der Waals surface area contributed by atoms with Gasteiger partial charge in [-0.1, -0.05) is 41.4 Å². The van der Waals surface area contributed by atoms with Gasteiger partial charge in [0.1, 0.15) is 0 Å². The molecule has 1 aliphatic rings. The van der Waals surface area contributed by atoms with E-state index in [1.165, 1.54) is 62.8 Å². The van der Waals surface area contributed by atoms with Crippen LogP contribution in [-0.2, 0) is 25.2 Å². The molecular formula is C24H21Cl2NO7S. The van der Waals surface area contributed by atoms with Crippen molar-refractivity contribution < 1.29 is 32.5 Å². The lowest BCUT2D eigenvalue weighted by Gasteiger charge is -2.33. The summed E-state index contributed by atoms with van der Waals surface area (Å²) in [7, 11) is -0.574. The molecular weight excluding hydrogens is 517 g/mol. The second-order valence-corrected chi connectivity index (χ2v) is 10.3. The van der Waals surface area contributed by atoms with E-state index >= 15 is 0 Å². The molecule has 1 N–H and O–H groups in total. The first kappa shape index (κ1) is 25.1. The lowest BCUT2D eigenvalue weighted by Crippen LogP contribution is -2.53. The molecule has 0 fully saturated rings. The highest BCUT2D eigenvalue weighted by Gasteiger charge is 2.60. The number of methoxy groups -OCH3 is 3. The van der Waals surface area contributed by atoms with Crippen molar-refractivity contribution in [3.63, 3.8) is 0 Å². The fraction of sp³-hybridized carbons (Fsp3) is 0.208. The molecule has 4 rings (SSSR count). The maximum atomic E-state index is 14.0. The third-order valence-corrected chi connectivity index (χ3v) is 8.20. The first-order chi connectivity index (χ1) is 16.6. The maximum absolute atomic E-state index is 14.0. The van der Waals surface area contributed by atoms with E-state index < -0.39 is 27.6 Å². The SMILES string of the molecule is COC(=O)C1N(S(=O)(=O)c2ccc(OC)c(OC)c2)c2ccc(Cl)cc2C1(O)c1ccccc1Cl. The van der Waals surface area contributed by atoms with Gasteiger partial charge in [0.25, 0.3) is 10.0 Å². The van der Waals surface area contributed by atoms with Gasteiger partial charge in [-0.05, 0) is 36.4 Å². The van der Waals surface area contributed by atoms with Crippen LogP contribution >= 0.6 is 23.2 Å². The zero-order chi connectivity index (χ0) is 25.5. The molecule has 35 heavy (non-hydrogen) atoms. The highest BCUT2D eigenvalue weighted by atomic mass is 35.5. The molecule has 0 aromatic heterocycles. The minimum absolute atomic E-state index is 0.0435. The normalized spacial score (nSPS) is 19.3. The second-order valence-electron chi connectivity index (χ2n) is 7.65. The predicted molar refractivity (Wildman–Crippen MR) is 131 cm³/mol. The monoisotopic (exact) mass is 537 g/mol. The molecule has 1 heterocycles. The minimum Gasteiger partial charge on any atom is -0.493 e. The quantitative estimate of drug-likeness (QED) is 0.474. The van der Waals surface area contributed by atoms with Gasteiger partial charge in [0.2, 0.25) is 0 Å². The summed E-state index contributed by atoms with van der Waals surface area (Å²) in [4.78, 5) is 13.0. The minimum atomic E-state index is -4.47. The average Bonchev–Trinajstić information content (AvgIpc) is 3.12. The van der Waals surface area contributed by atoms with Crippen LogP contribution < -0.4 is 13.8 Å². The molecule has 0 saturated heterocycles. The fourth-order valence-electron chi connectivity index (χ4n) is 4.26. The third-order valence-electron chi connectivity index (χ3n) is 5.86. The number of sulfonamides is 1. The lowest BCUT2D eigenvalue weighted by atomic mass is 9.82. The number of aliphatic hydroxyl groups is 1. The van der Waals surface area contributed by atoms with Gasteiger partial charge in [-0.3, -0.25) is 0 Å². The van der Waals surface area contributed by atoms with E-state index in [4.69, 9.17) is 37.4 Å². The van der Waals surface area contributed by atoms with Gasteiger partial charge in [-0.25, -0.2) is 17.5 Å². The van der Waals surface area contributed by atoms with Crippen molar-refractivity contribution >= 4 is 44.9 Å². The molecule has 2 unspecified atom stereocenters. The number of rotatable bonds is 6. The van der Waals surface area contributed by atoms with Crippen molar-refractivity contribution in [3.05, 3.63) is 81.8 Å². The number of nitrogens with zero attached hydrogens (tertiary/aromatic N) is 1. The zero-order valence-electron chi connectivity index (χ0n) is 18.9. The average molecular weight is 538 g/mol. The van der Waals surface area contributed by atoms with Crippen LogP contribution in [0.1, 0.15) is 11.1 Å². The number of carbonyl (C=O) groups excluding carboxylic acids is 1. The Labute approximate surface area is 212 Å². The molecule has 184 valence electrons. The van der Waals surface area contributed by atoms with E-state index in [9.17, 15) is 18.3 Å². The first-order valence-electron chi connectivity index (χ1n) is 10.2. The predicted octanol–water partition coefficient (Wildman–Crippen LogP) is 4.00. The standard InChI is InChI=1S/C24H21Cl2NO7S/c1-32-20-11-9-15(13-21(20)33-2)35(30,31)27-19-10-8-14(25)12-17(19)24(29,22(27)23(28)34-3)16-6-4-5-7-18(16)26/h4-13,22,29H,1-3H3. The molecule has 0 radical (unpaired) electrons. The van der Waals surface area contributed by atoms with Crippen LogP contribution in [-0.4, -0.2) is 46.9 Å². The van der Waals surface area contributed by atoms with Crippen LogP contribution in [0.3, 0.4) is 0 Å². The number of anilines is 1. The summed E-state index contributed by atoms with van der Waals surface area (Å²) in [6, 6.07) is 12.8. The summed E-state index contributed by atoms with van der Waals surface area (Å²) < 4.78 is 44.3. The van der Waals surface area contributed by atoms with Gasteiger partial charge in [0, 0.05) is 27.2 Å². The number of carbonyl (C=O) groups is 1. The van der Waals surface area contributed by atoms with E-state index in [1.54, 1.807) is 12.1 Å². The fourth-order valence-corrected chi connectivity index (χ4v) is 6.37. The van der Waals surface area contributed by atoms with E-state index in [0.717, 1.165) is 11.4 Å². The molecule has 11 heteroatoms. The highest BCUT2D eigenvalue weighted by Crippen LogP contribution is 2.52. The number of benzene rings is 3. The van der Waals surface area contributed by atoms with Gasteiger partial charge in [-0.15, -0.1) is 0 Å². The molecule has 1 aliphatic heterocycles. The second kappa shape index (κ2) is 9.23. The van der Waals surface area contributed by atoms with Crippen LogP contribution in [0.2, 0.25) is 10.0 Å². The van der Waals surface area contributed by atoms with Gasteiger partial charge in [0.15, 0.2) is 23.1 Å². The van der Waals surface area contributed by atoms with Crippen molar-refractivity contribution in [2.45, 2.75) is 16.5 Å². The number of hydrogen-bond acceptors (Lipinski definition) is 7. The molecule has 8 nitrogen and oxygen atoms in total. The summed E-state index contributed by atoms with van der Waals surface area (Å²) in [5.41, 5.74) is -1.97. The Kier molecular flexibility index (Phi) is 6.63. The maximum Gasteiger partial charge on any atom is 0.333 e. The Morgan fingerprint density at radius 2 is 1.63 bits per heavy atom. The Balaban J connectivity index is 2.04. The summed E-state index contributed by atoms with van der Waals surface area (Å²) in [5, 5.41) is 12.5. The molecule has 0 bridgehead atoms. The van der Waals surface area contributed by atoms with E-state index in [0.29, 0.717) is 5.75 Å². The van der Waals surface area contributed by atoms with Crippen molar-refractivity contribution in [1.29, 1.82) is 0 Å². The largest absolute Gasteiger partial charge is 0.493 e. The Hall–Kier alpha value is -2.98. The van der Waals surface area contributed by atoms with Gasteiger partial charge < -0.3 is 19.3 Å². The van der Waals surface area contributed by atoms with Crippen molar-refractivity contribution in [2.24, 2.45) is 0 Å². The molecule has 0 amide bonds. The van der Waals surface area contributed by atoms with Gasteiger partial charge in [0.05, 0.1) is 31.9 Å². The van der Waals surface area contributed by atoms with Crippen molar-refractivity contribution in [2.75, 3.05) is 25.6 Å². The molecule has 3 aromatic rings. The molecule has 3 aromatic carbocycles. The number of ether oxygens (including phenoxy) is 3. The van der Waals surface area contributed by atoms with Crippen LogP contribution in [0, 0.1) is 0 Å². The van der Waals surface area contributed by atoms with Crippen LogP contribution in [0.5, 0.6) is 11.5 Å². The third kappa shape index (κ3) is 3.88. The molecule has 2 atom stereocenters. The summed E-state index contributed by atoms with van der Waals surface area (Å²) in [5.74, 6) is -0.513. The van der Waals surface area contributed by atoms with Crippen molar-refractivity contribution in [1.82, 2.24) is 0 Å². The number of fused-ring (bicyclic) bond motifs is 1. The number of halogens is 2. The lowest BCUT2D eigenvalue weighted by molar-refractivity contribution is -0.146. The zero-order valence-corrected chi connectivity index (χ0v) is 21.2. The number of hydrogen-bond donors (Lipinski definition) is 1. The summed E-state index contributed by atoms with van der Waals surface area (Å²) >= 11 is 12.7. The van der Waals surface area contributed by atoms with Crippen LogP contribution in [0.15, 0.2) is 65.6 Å². The van der Waals surface area contributed by atoms with Crippen molar-refractivity contribution in [3.8, 4) is 11.5 Å². The smallest absolute Gasteiger partial charge is 0.333 e. The molecule has 0 aliphatic carbocycles. The van der Waals surface area contributed by atoms with Gasteiger partial charge in [-0.2, -0.15) is 0 Å². The van der Waals surface area contributed by atoms with Gasteiger partial charge >= 0.3 is 5.97 Å². The Morgan fingerprint density at radius 1 is 0.943 bits per heavy atom. The van der Waals surface area contributed by atoms with Crippen LogP contribution in [0.25, 0.3) is 0 Å². The first-order valence-corrected chi connectivity index (χ1v) is 12.4. The highest BCUT2D eigenvalue weighted by molar-refractivity contribution is 7.93. The van der Waals surface area contributed by atoms with E-state index in [-0.39, 0.29) is 37.5 Å². The Bertz CT molecular complexity index is 1410. The molecule has 0 saturated carbocycles. The Morgan fingerprint density at radius 3 is 2.26 bits per heavy atom. The summed E-state index contributed by atoms with van der Waals surface area (Å²) in [6.07, 6.45) is 0.